The molecule has 18 heavy (non-hydrogen) atoms. The zero-order valence-electron chi connectivity index (χ0n) is 10.0. The van der Waals surface area contributed by atoms with Crippen molar-refractivity contribution in [3.8, 4) is 5.75 Å². The number of nitrogens with zero attached hydrogens (tertiary/aromatic N) is 3. The molecule has 0 aliphatic heterocycles. The summed E-state index contributed by atoms with van der Waals surface area (Å²) >= 11 is 0. The van der Waals surface area contributed by atoms with Crippen molar-refractivity contribution >= 4 is 17.4 Å². The predicted octanol–water partition coefficient (Wildman–Crippen LogP) is 0.664. The van der Waals surface area contributed by atoms with Crippen LogP contribution in [0.4, 0.5) is 11.5 Å². The number of hydrogen-bond acceptors (Lipinski definition) is 5. The largest absolute Gasteiger partial charge is 0.505 e. The molecule has 7 heteroatoms. The van der Waals surface area contributed by atoms with E-state index in [-0.39, 0.29) is 11.3 Å². The molecule has 94 valence electrons. The van der Waals surface area contributed by atoms with E-state index in [1.54, 1.807) is 14.0 Å². The summed E-state index contributed by atoms with van der Waals surface area (Å²) in [5.41, 5.74) is 6.96. The third-order valence-electron chi connectivity index (χ3n) is 2.55. The Morgan fingerprint density at radius 1 is 1.56 bits per heavy atom. The van der Waals surface area contributed by atoms with E-state index in [1.165, 1.54) is 23.1 Å². The summed E-state index contributed by atoms with van der Waals surface area (Å²) in [5.74, 6) is -0.259. The van der Waals surface area contributed by atoms with Gasteiger partial charge in [0.05, 0.1) is 23.1 Å². The fourth-order valence-corrected chi connectivity index (χ4v) is 1.58. The molecule has 1 amide bonds. The fraction of sp³-hybridized carbons (Fsp3) is 0.182. The zero-order chi connectivity index (χ0) is 13.3. The number of nitrogens with one attached hydrogen (secondary N) is 1. The number of aromatic nitrogens is 3. The van der Waals surface area contributed by atoms with E-state index in [2.05, 4.69) is 15.4 Å². The molecule has 0 saturated heterocycles. The van der Waals surface area contributed by atoms with Crippen LogP contribution in [0.2, 0.25) is 0 Å². The van der Waals surface area contributed by atoms with E-state index in [0.29, 0.717) is 17.2 Å². The highest BCUT2D eigenvalue weighted by Gasteiger charge is 2.16. The van der Waals surface area contributed by atoms with Gasteiger partial charge in [-0.2, -0.15) is 5.10 Å². The summed E-state index contributed by atoms with van der Waals surface area (Å²) in [7, 11) is 1.67. The quantitative estimate of drug-likeness (QED) is 0.723. The van der Waals surface area contributed by atoms with Crippen molar-refractivity contribution in [3.05, 3.63) is 29.7 Å². The molecule has 0 aromatic carbocycles. The van der Waals surface area contributed by atoms with Crippen LogP contribution in [-0.4, -0.2) is 25.8 Å². The summed E-state index contributed by atoms with van der Waals surface area (Å²) in [5, 5.41) is 16.2. The van der Waals surface area contributed by atoms with Crippen molar-refractivity contribution in [1.29, 1.82) is 0 Å². The maximum atomic E-state index is 12.0. The number of aromatic hydroxyl groups is 1. The molecule has 0 saturated carbocycles. The SMILES string of the molecule is Cc1nn(C)c(NC(=O)c2ccncc2O)c1N. The highest BCUT2D eigenvalue weighted by Crippen LogP contribution is 2.23. The second-order valence-corrected chi connectivity index (χ2v) is 3.82. The average molecular weight is 247 g/mol. The first-order valence-electron chi connectivity index (χ1n) is 5.24. The van der Waals surface area contributed by atoms with Crippen LogP contribution in [0.1, 0.15) is 16.1 Å². The number of carbonyl (C=O) groups excluding carboxylic acids is 1. The number of hydrogen-bond donors (Lipinski definition) is 3. The standard InChI is InChI=1S/C11H13N5O2/c1-6-9(12)10(16(2)15-6)14-11(18)7-3-4-13-5-8(7)17/h3-5,17H,12H2,1-2H3,(H,14,18). The monoisotopic (exact) mass is 247 g/mol. The van der Waals surface area contributed by atoms with Gasteiger partial charge in [-0.15, -0.1) is 0 Å². The van der Waals surface area contributed by atoms with E-state index < -0.39 is 5.91 Å². The summed E-state index contributed by atoms with van der Waals surface area (Å²) in [6.07, 6.45) is 2.62. The van der Waals surface area contributed by atoms with E-state index in [4.69, 9.17) is 5.73 Å². The lowest BCUT2D eigenvalue weighted by atomic mass is 10.2. The molecule has 0 fully saturated rings. The minimum absolute atomic E-state index is 0.128. The number of nitrogen functional groups attached to an aromatic ring is 1. The Bertz CT molecular complexity index is 605. The van der Waals surface area contributed by atoms with Crippen molar-refractivity contribution < 1.29 is 9.90 Å². The third-order valence-corrected chi connectivity index (χ3v) is 2.55. The normalized spacial score (nSPS) is 10.3. The van der Waals surface area contributed by atoms with Crippen LogP contribution in [0.25, 0.3) is 0 Å². The van der Waals surface area contributed by atoms with E-state index in [0.717, 1.165) is 0 Å². The smallest absolute Gasteiger partial charge is 0.260 e. The number of rotatable bonds is 2. The van der Waals surface area contributed by atoms with Crippen molar-refractivity contribution in [2.24, 2.45) is 7.05 Å². The van der Waals surface area contributed by atoms with Crippen LogP contribution in [0.15, 0.2) is 18.5 Å². The summed E-state index contributed by atoms with van der Waals surface area (Å²) in [6.45, 7) is 1.74. The van der Waals surface area contributed by atoms with Crippen LogP contribution >= 0.6 is 0 Å². The molecule has 0 aliphatic rings. The highest BCUT2D eigenvalue weighted by molar-refractivity contribution is 6.06. The van der Waals surface area contributed by atoms with Gasteiger partial charge < -0.3 is 16.2 Å². The molecule has 0 atom stereocenters. The van der Waals surface area contributed by atoms with Gasteiger partial charge in [0, 0.05) is 13.2 Å². The van der Waals surface area contributed by atoms with Crippen molar-refractivity contribution in [1.82, 2.24) is 14.8 Å². The van der Waals surface area contributed by atoms with Gasteiger partial charge in [-0.05, 0) is 13.0 Å². The van der Waals surface area contributed by atoms with Crippen LogP contribution in [0.5, 0.6) is 5.75 Å². The molecule has 0 aliphatic carbocycles. The molecule has 2 aromatic rings. The minimum Gasteiger partial charge on any atom is -0.505 e. The molecule has 2 heterocycles. The van der Waals surface area contributed by atoms with E-state index in [9.17, 15) is 9.90 Å². The first-order chi connectivity index (χ1) is 8.50. The first-order valence-corrected chi connectivity index (χ1v) is 5.24. The second-order valence-electron chi connectivity index (χ2n) is 3.82. The number of aryl methyl sites for hydroxylation is 2. The van der Waals surface area contributed by atoms with Crippen molar-refractivity contribution in [2.45, 2.75) is 6.92 Å². The van der Waals surface area contributed by atoms with Gasteiger partial charge in [0.2, 0.25) is 0 Å². The molecule has 0 radical (unpaired) electrons. The Morgan fingerprint density at radius 2 is 2.28 bits per heavy atom. The molecule has 0 spiro atoms. The first kappa shape index (κ1) is 11.9. The summed E-state index contributed by atoms with van der Waals surface area (Å²) in [6, 6.07) is 1.42. The van der Waals surface area contributed by atoms with Crippen molar-refractivity contribution in [3.63, 3.8) is 0 Å². The number of carbonyl (C=O) groups is 1. The van der Waals surface area contributed by atoms with Gasteiger partial charge in [-0.25, -0.2) is 0 Å². The molecule has 0 bridgehead atoms. The number of anilines is 2. The lowest BCUT2D eigenvalue weighted by Gasteiger charge is -2.07. The molecule has 4 N–H and O–H groups in total. The fourth-order valence-electron chi connectivity index (χ4n) is 1.58. The number of amides is 1. The van der Waals surface area contributed by atoms with E-state index >= 15 is 0 Å². The zero-order valence-corrected chi connectivity index (χ0v) is 10.0. The van der Waals surface area contributed by atoms with Gasteiger partial charge in [-0.3, -0.25) is 14.5 Å². The van der Waals surface area contributed by atoms with Gasteiger partial charge in [0.25, 0.3) is 5.91 Å². The lowest BCUT2D eigenvalue weighted by molar-refractivity contribution is 0.102. The Kier molecular flexibility index (Phi) is 2.88. The minimum atomic E-state index is -0.468. The van der Waals surface area contributed by atoms with Gasteiger partial charge >= 0.3 is 0 Å². The number of nitrogens with two attached hydrogens (primary N) is 1. The van der Waals surface area contributed by atoms with Crippen molar-refractivity contribution in [2.75, 3.05) is 11.1 Å². The maximum Gasteiger partial charge on any atom is 0.260 e. The Hall–Kier alpha value is -2.57. The molecule has 0 unspecified atom stereocenters. The topological polar surface area (TPSA) is 106 Å². The third kappa shape index (κ3) is 1.97. The second kappa shape index (κ2) is 4.36. The van der Waals surface area contributed by atoms with Crippen LogP contribution in [0, 0.1) is 6.92 Å². The highest BCUT2D eigenvalue weighted by atomic mass is 16.3. The molecular weight excluding hydrogens is 234 g/mol. The molecule has 2 aromatic heterocycles. The van der Waals surface area contributed by atoms with Crippen LogP contribution < -0.4 is 11.1 Å². The average Bonchev–Trinajstić information content (AvgIpc) is 2.56. The summed E-state index contributed by atoms with van der Waals surface area (Å²) < 4.78 is 1.47. The molecular formula is C11H13N5O2. The summed E-state index contributed by atoms with van der Waals surface area (Å²) in [4.78, 5) is 15.7. The lowest BCUT2D eigenvalue weighted by Crippen LogP contribution is -2.15. The number of pyridine rings is 1. The van der Waals surface area contributed by atoms with Gasteiger partial charge in [0.1, 0.15) is 5.75 Å². The molecule has 2 rings (SSSR count). The predicted molar refractivity (Wildman–Crippen MR) is 66.2 cm³/mol. The Labute approximate surface area is 103 Å². The van der Waals surface area contributed by atoms with Crippen LogP contribution in [-0.2, 0) is 7.05 Å². The molecule has 7 nitrogen and oxygen atoms in total. The van der Waals surface area contributed by atoms with Gasteiger partial charge in [-0.1, -0.05) is 0 Å². The Morgan fingerprint density at radius 3 is 2.83 bits per heavy atom. The van der Waals surface area contributed by atoms with E-state index in [1.807, 2.05) is 0 Å². The Balaban J connectivity index is 2.30. The maximum absolute atomic E-state index is 12.0. The van der Waals surface area contributed by atoms with Crippen LogP contribution in [0.3, 0.4) is 0 Å². The van der Waals surface area contributed by atoms with Gasteiger partial charge in [0.15, 0.2) is 5.82 Å².